The van der Waals surface area contributed by atoms with Crippen molar-refractivity contribution in [1.82, 2.24) is 9.88 Å². The first kappa shape index (κ1) is 13.3. The summed E-state index contributed by atoms with van der Waals surface area (Å²) in [5.41, 5.74) is 1.12. The first-order chi connectivity index (χ1) is 10.8. The molecule has 2 aromatic rings. The third-order valence-electron chi connectivity index (χ3n) is 4.37. The van der Waals surface area contributed by atoms with E-state index in [4.69, 9.17) is 5.26 Å². The number of carbonyl (C=O) groups excluding carboxylic acids is 1. The van der Waals surface area contributed by atoms with Gasteiger partial charge in [-0.15, -0.1) is 0 Å². The van der Waals surface area contributed by atoms with Crippen LogP contribution in [0, 0.1) is 23.3 Å². The van der Waals surface area contributed by atoms with Crippen LogP contribution in [0.4, 0.5) is 5.13 Å². The molecule has 0 saturated carbocycles. The fourth-order valence-electron chi connectivity index (χ4n) is 3.24. The van der Waals surface area contributed by atoms with E-state index in [1.54, 1.807) is 21.1 Å². The summed E-state index contributed by atoms with van der Waals surface area (Å²) in [7, 11) is 0. The number of thiazole rings is 1. The maximum atomic E-state index is 12.6. The van der Waals surface area contributed by atoms with E-state index in [-0.39, 0.29) is 17.7 Å². The number of benzene rings is 1. The Bertz CT molecular complexity index is 751. The molecule has 2 aliphatic rings. The molecular weight excluding hydrogens is 296 g/mol. The summed E-state index contributed by atoms with van der Waals surface area (Å²) in [6.45, 7) is 1.90. The van der Waals surface area contributed by atoms with Crippen molar-refractivity contribution in [3.63, 3.8) is 0 Å². The Balaban J connectivity index is 1.56. The second kappa shape index (κ2) is 5.11. The Hall–Kier alpha value is -2.39. The normalized spacial score (nSPS) is 23.7. The zero-order chi connectivity index (χ0) is 15.1. The molecule has 0 spiro atoms. The number of carbonyl (C=O) groups is 1. The number of nitrogens with zero attached hydrogens (tertiary/aromatic N) is 4. The van der Waals surface area contributed by atoms with Crippen molar-refractivity contribution < 1.29 is 4.79 Å². The number of hydrogen-bond donors (Lipinski definition) is 0. The highest BCUT2D eigenvalue weighted by atomic mass is 32.1. The SMILES string of the molecule is N#CN1C[C@H]2CN(c3ncc(-c4ccccc4)s3)C(=O)[C@H]2C1. The Morgan fingerprint density at radius 2 is 2.05 bits per heavy atom. The van der Waals surface area contributed by atoms with Gasteiger partial charge < -0.3 is 4.90 Å². The fraction of sp³-hybridized carbons (Fsp3) is 0.312. The molecule has 3 heterocycles. The highest BCUT2D eigenvalue weighted by Crippen LogP contribution is 2.38. The zero-order valence-electron chi connectivity index (χ0n) is 11.8. The second-order valence-electron chi connectivity index (χ2n) is 5.69. The van der Waals surface area contributed by atoms with Gasteiger partial charge in [0.25, 0.3) is 0 Å². The van der Waals surface area contributed by atoms with E-state index in [0.717, 1.165) is 15.6 Å². The number of aromatic nitrogens is 1. The molecule has 2 aliphatic heterocycles. The van der Waals surface area contributed by atoms with E-state index >= 15 is 0 Å². The minimum Gasteiger partial charge on any atom is -0.309 e. The Morgan fingerprint density at radius 3 is 2.77 bits per heavy atom. The molecule has 1 aromatic heterocycles. The zero-order valence-corrected chi connectivity index (χ0v) is 12.7. The molecule has 0 aliphatic carbocycles. The summed E-state index contributed by atoms with van der Waals surface area (Å²) >= 11 is 1.55. The van der Waals surface area contributed by atoms with Crippen molar-refractivity contribution in [1.29, 1.82) is 5.26 Å². The summed E-state index contributed by atoms with van der Waals surface area (Å²) in [6, 6.07) is 10.1. The fourth-order valence-corrected chi connectivity index (χ4v) is 4.18. The quantitative estimate of drug-likeness (QED) is 0.798. The van der Waals surface area contributed by atoms with E-state index < -0.39 is 0 Å². The van der Waals surface area contributed by atoms with Gasteiger partial charge in [0.15, 0.2) is 11.3 Å². The number of hydrogen-bond acceptors (Lipinski definition) is 5. The molecule has 0 radical (unpaired) electrons. The topological polar surface area (TPSA) is 60.2 Å². The Kier molecular flexibility index (Phi) is 3.09. The molecule has 1 aromatic carbocycles. The van der Waals surface area contributed by atoms with Crippen molar-refractivity contribution in [2.75, 3.05) is 24.5 Å². The van der Waals surface area contributed by atoms with Gasteiger partial charge in [0.2, 0.25) is 5.91 Å². The van der Waals surface area contributed by atoms with E-state index in [9.17, 15) is 4.79 Å². The van der Waals surface area contributed by atoms with Crippen LogP contribution in [-0.4, -0.2) is 35.4 Å². The number of nitriles is 1. The van der Waals surface area contributed by atoms with Crippen molar-refractivity contribution in [2.45, 2.75) is 0 Å². The number of rotatable bonds is 2. The van der Waals surface area contributed by atoms with Crippen LogP contribution < -0.4 is 4.90 Å². The largest absolute Gasteiger partial charge is 0.309 e. The van der Waals surface area contributed by atoms with Gasteiger partial charge in [0.05, 0.1) is 10.8 Å². The lowest BCUT2D eigenvalue weighted by atomic mass is 10.0. The summed E-state index contributed by atoms with van der Waals surface area (Å²) in [6.07, 6.45) is 3.97. The molecule has 2 saturated heterocycles. The van der Waals surface area contributed by atoms with Crippen LogP contribution in [0.15, 0.2) is 36.5 Å². The molecule has 22 heavy (non-hydrogen) atoms. The molecule has 0 N–H and O–H groups in total. The second-order valence-corrected chi connectivity index (χ2v) is 6.70. The van der Waals surface area contributed by atoms with Gasteiger partial charge in [-0.2, -0.15) is 5.26 Å². The average molecular weight is 310 g/mol. The standard InChI is InChI=1S/C16H14N4OS/c17-10-19-7-12-8-20(15(21)13(12)9-19)16-18-6-14(22-16)11-4-2-1-3-5-11/h1-6,12-13H,7-9H2/t12-,13-/m0/s1. The van der Waals surface area contributed by atoms with Crippen LogP contribution in [0.3, 0.4) is 0 Å². The molecular formula is C16H14N4OS. The highest BCUT2D eigenvalue weighted by Gasteiger charge is 2.47. The summed E-state index contributed by atoms with van der Waals surface area (Å²) < 4.78 is 0. The van der Waals surface area contributed by atoms with Crippen LogP contribution in [0.25, 0.3) is 10.4 Å². The summed E-state index contributed by atoms with van der Waals surface area (Å²) in [5.74, 6) is 0.302. The van der Waals surface area contributed by atoms with Crippen molar-refractivity contribution in [3.8, 4) is 16.6 Å². The molecule has 1 amide bonds. The molecule has 6 heteroatoms. The first-order valence-electron chi connectivity index (χ1n) is 7.23. The van der Waals surface area contributed by atoms with Crippen LogP contribution in [0.1, 0.15) is 0 Å². The lowest BCUT2D eigenvalue weighted by molar-refractivity contribution is -0.120. The van der Waals surface area contributed by atoms with Gasteiger partial charge in [-0.3, -0.25) is 9.69 Å². The number of anilines is 1. The molecule has 110 valence electrons. The molecule has 2 atom stereocenters. The van der Waals surface area contributed by atoms with Crippen molar-refractivity contribution in [3.05, 3.63) is 36.5 Å². The Labute approximate surface area is 132 Å². The lowest BCUT2D eigenvalue weighted by Crippen LogP contribution is -2.31. The number of amides is 1. The van der Waals surface area contributed by atoms with Crippen LogP contribution >= 0.6 is 11.3 Å². The van der Waals surface area contributed by atoms with E-state index in [0.29, 0.717) is 19.6 Å². The van der Waals surface area contributed by atoms with Gasteiger partial charge in [0.1, 0.15) is 0 Å². The molecule has 5 nitrogen and oxygen atoms in total. The molecule has 0 bridgehead atoms. The maximum absolute atomic E-state index is 12.6. The van der Waals surface area contributed by atoms with Crippen LogP contribution in [-0.2, 0) is 4.79 Å². The lowest BCUT2D eigenvalue weighted by Gasteiger charge is -2.16. The van der Waals surface area contributed by atoms with Gasteiger partial charge in [-0.1, -0.05) is 41.7 Å². The average Bonchev–Trinajstić information content (AvgIpc) is 3.24. The minimum absolute atomic E-state index is 0.0521. The van der Waals surface area contributed by atoms with Gasteiger partial charge in [-0.25, -0.2) is 4.98 Å². The van der Waals surface area contributed by atoms with E-state index in [2.05, 4.69) is 11.2 Å². The van der Waals surface area contributed by atoms with Gasteiger partial charge >= 0.3 is 0 Å². The third kappa shape index (κ3) is 2.06. The number of fused-ring (bicyclic) bond motifs is 1. The first-order valence-corrected chi connectivity index (χ1v) is 8.05. The van der Waals surface area contributed by atoms with Crippen LogP contribution in [0.2, 0.25) is 0 Å². The van der Waals surface area contributed by atoms with Crippen molar-refractivity contribution in [2.24, 2.45) is 11.8 Å². The van der Waals surface area contributed by atoms with Gasteiger partial charge in [-0.05, 0) is 5.56 Å². The molecule has 4 rings (SSSR count). The van der Waals surface area contributed by atoms with E-state index in [1.807, 2.05) is 36.5 Å². The smallest absolute Gasteiger partial charge is 0.234 e. The maximum Gasteiger partial charge on any atom is 0.234 e. The predicted octanol–water partition coefficient (Wildman–Crippen LogP) is 2.19. The predicted molar refractivity (Wildman–Crippen MR) is 84.1 cm³/mol. The Morgan fingerprint density at radius 1 is 1.23 bits per heavy atom. The number of likely N-dealkylation sites (tertiary alicyclic amines) is 1. The molecule has 2 fully saturated rings. The summed E-state index contributed by atoms with van der Waals surface area (Å²) in [4.78, 5) is 21.5. The minimum atomic E-state index is -0.0521. The van der Waals surface area contributed by atoms with Crippen molar-refractivity contribution >= 4 is 22.4 Å². The monoisotopic (exact) mass is 310 g/mol. The van der Waals surface area contributed by atoms with Gasteiger partial charge in [0, 0.05) is 31.7 Å². The highest BCUT2D eigenvalue weighted by molar-refractivity contribution is 7.19. The summed E-state index contributed by atoms with van der Waals surface area (Å²) in [5, 5.41) is 9.73. The third-order valence-corrected chi connectivity index (χ3v) is 5.43. The molecule has 0 unspecified atom stereocenters. The van der Waals surface area contributed by atoms with Crippen LogP contribution in [0.5, 0.6) is 0 Å². The van der Waals surface area contributed by atoms with E-state index in [1.165, 1.54) is 0 Å².